The molecule has 0 bridgehead atoms. The van der Waals surface area contributed by atoms with Gasteiger partial charge in [0.15, 0.2) is 0 Å². The lowest BCUT2D eigenvalue weighted by Crippen LogP contribution is -2.32. The Morgan fingerprint density at radius 1 is 1.13 bits per heavy atom. The Bertz CT molecular complexity index is 1020. The Morgan fingerprint density at radius 2 is 1.90 bits per heavy atom. The van der Waals surface area contributed by atoms with Gasteiger partial charge in [-0.2, -0.15) is 0 Å². The third kappa shape index (κ3) is 5.39. The largest absolute Gasteiger partial charge is 0.493 e. The van der Waals surface area contributed by atoms with Crippen molar-refractivity contribution in [2.75, 3.05) is 13.7 Å². The molecule has 0 radical (unpaired) electrons. The van der Waals surface area contributed by atoms with Gasteiger partial charge in [-0.05, 0) is 48.4 Å². The smallest absolute Gasteiger partial charge is 0.417 e. The van der Waals surface area contributed by atoms with Crippen molar-refractivity contribution in [3.8, 4) is 17.2 Å². The quantitative estimate of drug-likeness (QED) is 0.380. The number of amides is 2. The van der Waals surface area contributed by atoms with Gasteiger partial charge in [0.2, 0.25) is 5.89 Å². The Kier molecular flexibility index (Phi) is 7.08. The fraction of sp³-hybridized carbons (Fsp3) is 0.227. The van der Waals surface area contributed by atoms with Gasteiger partial charge in [-0.25, -0.2) is 14.7 Å². The van der Waals surface area contributed by atoms with E-state index in [-0.39, 0.29) is 6.54 Å². The standard InChI is InChI=1S/C22H21ClN2O5/c1-15-19(24-20(30-15)17-8-4-3-5-9-17)11-12-29-18-10-6-7-16(13-18)14-25(21(23)26)22(27)28-2/h3-10,13H,11-12,14H2,1-2H3. The first-order chi connectivity index (χ1) is 14.5. The van der Waals surface area contributed by atoms with Crippen LogP contribution in [-0.2, 0) is 17.7 Å². The third-order valence-corrected chi connectivity index (χ3v) is 4.57. The average Bonchev–Trinajstić information content (AvgIpc) is 3.13. The zero-order chi connectivity index (χ0) is 21.5. The number of benzene rings is 2. The first-order valence-corrected chi connectivity index (χ1v) is 9.64. The number of imide groups is 1. The number of methoxy groups -OCH3 is 1. The van der Waals surface area contributed by atoms with Gasteiger partial charge in [0.05, 0.1) is 26.0 Å². The van der Waals surface area contributed by atoms with Gasteiger partial charge in [-0.1, -0.05) is 30.3 Å². The summed E-state index contributed by atoms with van der Waals surface area (Å²) in [5.41, 5.74) is 2.43. The van der Waals surface area contributed by atoms with Gasteiger partial charge in [-0.3, -0.25) is 4.79 Å². The molecule has 0 aliphatic rings. The highest BCUT2D eigenvalue weighted by atomic mass is 35.5. The average molecular weight is 429 g/mol. The van der Waals surface area contributed by atoms with Crippen LogP contribution >= 0.6 is 11.6 Å². The molecule has 30 heavy (non-hydrogen) atoms. The molecule has 0 N–H and O–H groups in total. The van der Waals surface area contributed by atoms with Gasteiger partial charge < -0.3 is 13.9 Å². The highest BCUT2D eigenvalue weighted by Gasteiger charge is 2.20. The van der Waals surface area contributed by atoms with Crippen molar-refractivity contribution in [2.45, 2.75) is 19.9 Å². The summed E-state index contributed by atoms with van der Waals surface area (Å²) in [5.74, 6) is 1.93. The van der Waals surface area contributed by atoms with Crippen LogP contribution in [0.1, 0.15) is 17.0 Å². The van der Waals surface area contributed by atoms with Crippen LogP contribution in [0.3, 0.4) is 0 Å². The first-order valence-electron chi connectivity index (χ1n) is 9.26. The molecular weight excluding hydrogens is 408 g/mol. The van der Waals surface area contributed by atoms with Crippen LogP contribution in [0.4, 0.5) is 9.59 Å². The lowest BCUT2D eigenvalue weighted by molar-refractivity contribution is 0.133. The topological polar surface area (TPSA) is 81.9 Å². The maximum Gasteiger partial charge on any atom is 0.417 e. The molecule has 0 atom stereocenters. The zero-order valence-electron chi connectivity index (χ0n) is 16.6. The SMILES string of the molecule is COC(=O)N(Cc1cccc(OCCc2nc(-c3ccccc3)oc2C)c1)C(=O)Cl. The third-order valence-electron chi connectivity index (χ3n) is 4.37. The molecule has 0 saturated heterocycles. The molecule has 3 rings (SSSR count). The highest BCUT2D eigenvalue weighted by Crippen LogP contribution is 2.22. The van der Waals surface area contributed by atoms with Crippen LogP contribution in [-0.4, -0.2) is 35.1 Å². The molecule has 2 amide bonds. The molecule has 0 fully saturated rings. The minimum atomic E-state index is -0.913. The van der Waals surface area contributed by atoms with Crippen molar-refractivity contribution in [3.05, 3.63) is 71.6 Å². The van der Waals surface area contributed by atoms with E-state index >= 15 is 0 Å². The van der Waals surface area contributed by atoms with E-state index in [9.17, 15) is 9.59 Å². The second kappa shape index (κ2) is 9.93. The van der Waals surface area contributed by atoms with Crippen molar-refractivity contribution >= 4 is 23.1 Å². The minimum absolute atomic E-state index is 0.0188. The van der Waals surface area contributed by atoms with Crippen LogP contribution in [0.2, 0.25) is 0 Å². The molecule has 0 spiro atoms. The van der Waals surface area contributed by atoms with Gasteiger partial charge >= 0.3 is 11.5 Å². The molecule has 2 aromatic carbocycles. The van der Waals surface area contributed by atoms with Crippen LogP contribution in [0, 0.1) is 6.92 Å². The molecule has 0 unspecified atom stereocenters. The van der Waals surface area contributed by atoms with Gasteiger partial charge in [0.1, 0.15) is 11.5 Å². The second-order valence-corrected chi connectivity index (χ2v) is 6.77. The number of halogens is 1. The van der Waals surface area contributed by atoms with E-state index in [4.69, 9.17) is 20.8 Å². The van der Waals surface area contributed by atoms with Gasteiger partial charge in [0.25, 0.3) is 0 Å². The second-order valence-electron chi connectivity index (χ2n) is 6.44. The molecule has 7 nitrogen and oxygen atoms in total. The van der Waals surface area contributed by atoms with Crippen LogP contribution in [0.15, 0.2) is 59.0 Å². The van der Waals surface area contributed by atoms with Crippen LogP contribution in [0.5, 0.6) is 5.75 Å². The molecule has 3 aromatic rings. The summed E-state index contributed by atoms with van der Waals surface area (Å²) < 4.78 is 16.1. The van der Waals surface area contributed by atoms with E-state index in [2.05, 4.69) is 9.72 Å². The molecule has 156 valence electrons. The number of oxazole rings is 1. The predicted molar refractivity (Wildman–Crippen MR) is 112 cm³/mol. The normalized spacial score (nSPS) is 10.5. The van der Waals surface area contributed by atoms with E-state index < -0.39 is 11.5 Å². The summed E-state index contributed by atoms with van der Waals surface area (Å²) in [6.07, 6.45) is -0.252. The summed E-state index contributed by atoms with van der Waals surface area (Å²) >= 11 is 5.46. The Morgan fingerprint density at radius 3 is 2.60 bits per heavy atom. The molecule has 0 aliphatic heterocycles. The summed E-state index contributed by atoms with van der Waals surface area (Å²) in [4.78, 5) is 28.5. The van der Waals surface area contributed by atoms with E-state index in [1.54, 1.807) is 24.3 Å². The van der Waals surface area contributed by atoms with E-state index in [0.29, 0.717) is 30.2 Å². The predicted octanol–water partition coefficient (Wildman–Crippen LogP) is 5.20. The molecule has 0 saturated carbocycles. The van der Waals surface area contributed by atoms with Gasteiger partial charge in [-0.15, -0.1) is 0 Å². The molecular formula is C22H21ClN2O5. The number of nitrogens with zero attached hydrogens (tertiary/aromatic N) is 2. The lowest BCUT2D eigenvalue weighted by atomic mass is 10.2. The fourth-order valence-corrected chi connectivity index (χ4v) is 2.98. The van der Waals surface area contributed by atoms with Crippen LogP contribution < -0.4 is 4.74 Å². The van der Waals surface area contributed by atoms with E-state index in [1.807, 2.05) is 37.3 Å². The van der Waals surface area contributed by atoms with Crippen molar-refractivity contribution in [2.24, 2.45) is 0 Å². The number of aromatic nitrogens is 1. The summed E-state index contributed by atoms with van der Waals surface area (Å²) in [5, 5.41) is -0.913. The van der Waals surface area contributed by atoms with Crippen LogP contribution in [0.25, 0.3) is 11.5 Å². The summed E-state index contributed by atoms with van der Waals surface area (Å²) in [6.45, 7) is 2.25. The monoisotopic (exact) mass is 428 g/mol. The fourth-order valence-electron chi connectivity index (χ4n) is 2.85. The Labute approximate surface area is 179 Å². The molecule has 1 heterocycles. The van der Waals surface area contributed by atoms with Crippen molar-refractivity contribution in [1.82, 2.24) is 9.88 Å². The van der Waals surface area contributed by atoms with Gasteiger partial charge in [0, 0.05) is 12.0 Å². The highest BCUT2D eigenvalue weighted by molar-refractivity contribution is 6.63. The van der Waals surface area contributed by atoms with E-state index in [0.717, 1.165) is 21.9 Å². The number of rotatable bonds is 7. The summed E-state index contributed by atoms with van der Waals surface area (Å²) in [6, 6.07) is 16.8. The molecule has 0 aliphatic carbocycles. The maximum absolute atomic E-state index is 11.7. The maximum atomic E-state index is 11.7. The molecule has 1 aromatic heterocycles. The number of aryl methyl sites for hydroxylation is 1. The van der Waals surface area contributed by atoms with Crippen molar-refractivity contribution in [3.63, 3.8) is 0 Å². The lowest BCUT2D eigenvalue weighted by Gasteiger charge is -2.16. The Balaban J connectivity index is 1.61. The van der Waals surface area contributed by atoms with Crippen molar-refractivity contribution in [1.29, 1.82) is 0 Å². The number of hydrogen-bond acceptors (Lipinski definition) is 6. The number of carbonyl (C=O) groups is 2. The zero-order valence-corrected chi connectivity index (χ0v) is 17.4. The number of ether oxygens (including phenoxy) is 2. The minimum Gasteiger partial charge on any atom is -0.493 e. The molecule has 8 heteroatoms. The summed E-state index contributed by atoms with van der Waals surface area (Å²) in [7, 11) is 1.18. The van der Waals surface area contributed by atoms with Crippen molar-refractivity contribution < 1.29 is 23.5 Å². The Hall–Kier alpha value is -3.32. The number of carbonyl (C=O) groups excluding carboxylic acids is 2. The first kappa shape index (κ1) is 21.4. The van der Waals surface area contributed by atoms with E-state index in [1.165, 1.54) is 7.11 Å². The number of hydrogen-bond donors (Lipinski definition) is 0.